The number of nitrogens with one attached hydrogen (secondary N) is 2. The van der Waals surface area contributed by atoms with Crippen molar-refractivity contribution in [3.05, 3.63) is 30.1 Å². The van der Waals surface area contributed by atoms with Gasteiger partial charge in [0.15, 0.2) is 11.9 Å². The van der Waals surface area contributed by atoms with Crippen molar-refractivity contribution in [1.29, 1.82) is 0 Å². The summed E-state index contributed by atoms with van der Waals surface area (Å²) in [7, 11) is 0. The quantitative estimate of drug-likeness (QED) is 0.570. The molecule has 2 rings (SSSR count). The molecule has 6 nitrogen and oxygen atoms in total. The number of aromatic carboxylic acids is 1. The first kappa shape index (κ1) is 11.1. The fraction of sp³-hybridized carbons (Fsp3) is 0. The summed E-state index contributed by atoms with van der Waals surface area (Å²) in [6.45, 7) is 0. The molecule has 0 amide bonds. The van der Waals surface area contributed by atoms with E-state index in [-0.39, 0.29) is 18.1 Å². The van der Waals surface area contributed by atoms with Crippen LogP contribution < -0.4 is 17.4 Å². The first-order valence-electron chi connectivity index (χ1n) is 3.90. The Hall–Kier alpha value is -1.95. The Balaban J connectivity index is 0.00000112. The first-order valence-corrected chi connectivity index (χ1v) is 3.90. The standard InChI is InChI=1S/C8H6N4O2.ClH/c13-8(14)7-6(10-12-11-7)5-3-1-2-4-9-5;/h1-4H,(H,13,14)(H,10,11,12);1H. The summed E-state index contributed by atoms with van der Waals surface area (Å²) in [4.78, 5) is 13.6. The third-order valence-corrected chi connectivity index (χ3v) is 1.71. The zero-order valence-corrected chi connectivity index (χ0v) is 8.19. The molecule has 2 aromatic heterocycles. The maximum atomic E-state index is 10.7. The van der Waals surface area contributed by atoms with Gasteiger partial charge in [0.25, 0.3) is 0 Å². The monoisotopic (exact) mass is 226 g/mol. The van der Waals surface area contributed by atoms with Crippen molar-refractivity contribution in [1.82, 2.24) is 15.4 Å². The summed E-state index contributed by atoms with van der Waals surface area (Å²) >= 11 is 0. The fourth-order valence-electron chi connectivity index (χ4n) is 1.11. The molecule has 0 atom stereocenters. The Bertz CT molecular complexity index is 457. The van der Waals surface area contributed by atoms with E-state index in [9.17, 15) is 4.79 Å². The molecule has 0 spiro atoms. The largest absolute Gasteiger partial charge is 1.00 e. The van der Waals surface area contributed by atoms with Crippen molar-refractivity contribution < 1.29 is 27.3 Å². The van der Waals surface area contributed by atoms with Crippen LogP contribution in [0.2, 0.25) is 0 Å². The Labute approximate surface area is 90.8 Å². The van der Waals surface area contributed by atoms with E-state index < -0.39 is 5.97 Å². The van der Waals surface area contributed by atoms with Crippen molar-refractivity contribution >= 4 is 5.97 Å². The molecule has 0 aromatic carbocycles. The van der Waals surface area contributed by atoms with E-state index >= 15 is 0 Å². The van der Waals surface area contributed by atoms with E-state index in [4.69, 9.17) is 5.11 Å². The van der Waals surface area contributed by atoms with Gasteiger partial charge in [-0.1, -0.05) is 0 Å². The predicted molar refractivity (Wildman–Crippen MR) is 45.3 cm³/mol. The van der Waals surface area contributed by atoms with Gasteiger partial charge in [0.05, 0.1) is 0 Å². The number of H-pyrrole nitrogens is 2. The first-order chi connectivity index (χ1) is 6.79. The molecule has 7 heteroatoms. The topological polar surface area (TPSA) is 93.0 Å². The van der Waals surface area contributed by atoms with Crippen molar-refractivity contribution in [3.63, 3.8) is 0 Å². The molecule has 0 radical (unpaired) electrons. The van der Waals surface area contributed by atoms with E-state index in [2.05, 4.69) is 20.4 Å². The summed E-state index contributed by atoms with van der Waals surface area (Å²) in [5.41, 5.74) is 0.823. The van der Waals surface area contributed by atoms with Crippen LogP contribution in [-0.4, -0.2) is 26.5 Å². The van der Waals surface area contributed by atoms with Crippen LogP contribution in [0.4, 0.5) is 0 Å². The lowest BCUT2D eigenvalue weighted by molar-refractivity contribution is -0.364. The number of aromatic nitrogens is 4. The molecule has 0 aliphatic heterocycles. The zero-order chi connectivity index (χ0) is 9.97. The average molecular weight is 227 g/mol. The van der Waals surface area contributed by atoms with Crippen LogP contribution in [0.15, 0.2) is 24.4 Å². The van der Waals surface area contributed by atoms with E-state index in [1.165, 1.54) is 0 Å². The highest BCUT2D eigenvalue weighted by Crippen LogP contribution is 2.13. The SMILES string of the molecule is O=C(O)c1n[nH]nc1-c1cccc[nH+]1.[Cl-]. The highest BCUT2D eigenvalue weighted by molar-refractivity contribution is 5.91. The lowest BCUT2D eigenvalue weighted by atomic mass is 10.2. The molecule has 0 bridgehead atoms. The maximum Gasteiger partial charge on any atom is 0.359 e. The predicted octanol–water partition coefficient (Wildman–Crippen LogP) is -3.01. The highest BCUT2D eigenvalue weighted by atomic mass is 35.5. The molecule has 78 valence electrons. The van der Waals surface area contributed by atoms with E-state index in [1.54, 1.807) is 24.4 Å². The van der Waals surface area contributed by atoms with Crippen LogP contribution in [0.1, 0.15) is 10.5 Å². The van der Waals surface area contributed by atoms with Gasteiger partial charge in [-0.2, -0.15) is 5.21 Å². The van der Waals surface area contributed by atoms with Gasteiger partial charge in [-0.15, -0.1) is 10.2 Å². The van der Waals surface area contributed by atoms with Gasteiger partial charge in [0.2, 0.25) is 11.4 Å². The number of aromatic amines is 2. The van der Waals surface area contributed by atoms with Crippen molar-refractivity contribution in [3.8, 4) is 11.4 Å². The van der Waals surface area contributed by atoms with Crippen LogP contribution in [0.5, 0.6) is 0 Å². The van der Waals surface area contributed by atoms with Crippen LogP contribution in [0.3, 0.4) is 0 Å². The number of carboxylic acids is 1. The minimum atomic E-state index is -1.11. The molecule has 2 heterocycles. The number of nitrogens with zero attached hydrogens (tertiary/aromatic N) is 2. The summed E-state index contributed by atoms with van der Waals surface area (Å²) < 4.78 is 0. The molecule has 0 unspecified atom stereocenters. The summed E-state index contributed by atoms with van der Waals surface area (Å²) in [5, 5.41) is 18.4. The molecular formula is C8H7ClN4O2. The number of hydrogen-bond donors (Lipinski definition) is 2. The van der Waals surface area contributed by atoms with Crippen LogP contribution >= 0.6 is 0 Å². The van der Waals surface area contributed by atoms with E-state index in [1.807, 2.05) is 0 Å². The van der Waals surface area contributed by atoms with Gasteiger partial charge in [-0.25, -0.2) is 9.78 Å². The molecule has 15 heavy (non-hydrogen) atoms. The van der Waals surface area contributed by atoms with Crippen LogP contribution in [0.25, 0.3) is 11.4 Å². The van der Waals surface area contributed by atoms with Crippen molar-refractivity contribution in [2.24, 2.45) is 0 Å². The second kappa shape index (κ2) is 4.52. The maximum absolute atomic E-state index is 10.7. The van der Waals surface area contributed by atoms with Crippen molar-refractivity contribution in [2.45, 2.75) is 0 Å². The third-order valence-electron chi connectivity index (χ3n) is 1.71. The van der Waals surface area contributed by atoms with Gasteiger partial charge in [-0.05, 0) is 6.07 Å². The Kier molecular flexibility index (Phi) is 3.35. The fourth-order valence-corrected chi connectivity index (χ4v) is 1.11. The summed E-state index contributed by atoms with van der Waals surface area (Å²) in [6, 6.07) is 5.31. The number of pyridine rings is 1. The minimum absolute atomic E-state index is 0. The van der Waals surface area contributed by atoms with Gasteiger partial charge in [-0.3, -0.25) is 0 Å². The third kappa shape index (κ3) is 2.10. The average Bonchev–Trinajstić information content (AvgIpc) is 2.67. The molecule has 3 N–H and O–H groups in total. The Morgan fingerprint density at radius 1 is 1.40 bits per heavy atom. The summed E-state index contributed by atoms with van der Waals surface area (Å²) in [6.07, 6.45) is 1.69. The lowest BCUT2D eigenvalue weighted by Gasteiger charge is -1.89. The molecular weight excluding hydrogens is 220 g/mol. The normalized spacial score (nSPS) is 9.33. The van der Waals surface area contributed by atoms with Gasteiger partial charge in [0, 0.05) is 12.1 Å². The zero-order valence-electron chi connectivity index (χ0n) is 7.44. The molecule has 0 aliphatic rings. The van der Waals surface area contributed by atoms with Crippen LogP contribution in [-0.2, 0) is 0 Å². The number of rotatable bonds is 2. The molecule has 0 saturated carbocycles. The second-order valence-corrected chi connectivity index (χ2v) is 2.60. The van der Waals surface area contributed by atoms with Crippen LogP contribution in [0, 0.1) is 0 Å². The molecule has 0 fully saturated rings. The van der Waals surface area contributed by atoms with Gasteiger partial charge < -0.3 is 17.5 Å². The minimum Gasteiger partial charge on any atom is -1.00 e. The number of hydrogen-bond acceptors (Lipinski definition) is 3. The lowest BCUT2D eigenvalue weighted by Crippen LogP contribution is -3.00. The second-order valence-electron chi connectivity index (χ2n) is 2.60. The molecule has 2 aromatic rings. The molecule has 0 saturated heterocycles. The van der Waals surface area contributed by atoms with E-state index in [0.29, 0.717) is 11.4 Å². The van der Waals surface area contributed by atoms with Gasteiger partial charge in [0.1, 0.15) is 0 Å². The number of carbonyl (C=O) groups is 1. The number of halogens is 1. The number of carboxylic acid groups (broad SMARTS) is 1. The van der Waals surface area contributed by atoms with E-state index in [0.717, 1.165) is 0 Å². The highest BCUT2D eigenvalue weighted by Gasteiger charge is 2.20. The Morgan fingerprint density at radius 3 is 2.80 bits per heavy atom. The Morgan fingerprint density at radius 2 is 2.20 bits per heavy atom. The molecule has 0 aliphatic carbocycles. The van der Waals surface area contributed by atoms with Gasteiger partial charge >= 0.3 is 5.97 Å². The smallest absolute Gasteiger partial charge is 0.359 e. The summed E-state index contributed by atoms with van der Waals surface area (Å²) in [5.74, 6) is -1.11. The van der Waals surface area contributed by atoms with Crippen molar-refractivity contribution in [2.75, 3.05) is 0 Å².